The Kier molecular flexibility index (Phi) is 4.86. The fraction of sp³-hybridized carbons (Fsp3) is 0.360. The van der Waals surface area contributed by atoms with Crippen molar-refractivity contribution >= 4 is 17.1 Å². The molecule has 5 heterocycles. The summed E-state index contributed by atoms with van der Waals surface area (Å²) in [7, 11) is 0. The van der Waals surface area contributed by atoms with Gasteiger partial charge >= 0.3 is 0 Å². The Hall–Kier alpha value is -3.68. The molecule has 2 atom stereocenters. The van der Waals surface area contributed by atoms with Gasteiger partial charge in [0.05, 0.1) is 11.3 Å². The third-order valence-corrected chi connectivity index (χ3v) is 6.63. The summed E-state index contributed by atoms with van der Waals surface area (Å²) in [6, 6.07) is 13.1. The van der Waals surface area contributed by atoms with Gasteiger partial charge in [0, 0.05) is 31.1 Å². The van der Waals surface area contributed by atoms with Crippen LogP contribution in [0, 0.1) is 13.8 Å². The van der Waals surface area contributed by atoms with Gasteiger partial charge in [-0.2, -0.15) is 4.98 Å². The second-order valence-electron chi connectivity index (χ2n) is 8.77. The lowest BCUT2D eigenvalue weighted by molar-refractivity contribution is 0.140. The Bertz CT molecular complexity index is 1260. The smallest absolute Gasteiger partial charge is 0.298 e. The molecule has 2 bridgehead atoms. The molecular weight excluding hydrogens is 418 g/mol. The molecule has 0 aliphatic carbocycles. The van der Waals surface area contributed by atoms with E-state index in [9.17, 15) is 0 Å². The SMILES string of the molecule is Cc1ncccc1Oc1ncnc(OC2CC3CCC(C2)N3c2nc3ccccc3o2)c1C. The summed E-state index contributed by atoms with van der Waals surface area (Å²) >= 11 is 0. The molecule has 2 saturated heterocycles. The van der Waals surface area contributed by atoms with Gasteiger partial charge in [0.15, 0.2) is 11.3 Å². The molecule has 4 aromatic rings. The number of fused-ring (bicyclic) bond motifs is 3. The van der Waals surface area contributed by atoms with Gasteiger partial charge in [-0.15, -0.1) is 0 Å². The van der Waals surface area contributed by atoms with Crippen LogP contribution in [0.15, 0.2) is 53.3 Å². The molecule has 0 N–H and O–H groups in total. The van der Waals surface area contributed by atoms with Crippen LogP contribution in [-0.4, -0.2) is 38.1 Å². The summed E-state index contributed by atoms with van der Waals surface area (Å²) in [6.07, 6.45) is 7.33. The van der Waals surface area contributed by atoms with Crippen LogP contribution >= 0.6 is 0 Å². The van der Waals surface area contributed by atoms with E-state index in [0.717, 1.165) is 54.1 Å². The quantitative estimate of drug-likeness (QED) is 0.426. The van der Waals surface area contributed by atoms with Crippen LogP contribution in [0.5, 0.6) is 17.5 Å². The fourth-order valence-corrected chi connectivity index (χ4v) is 4.99. The lowest BCUT2D eigenvalue weighted by atomic mass is 10.0. The van der Waals surface area contributed by atoms with Gasteiger partial charge in [-0.3, -0.25) is 4.98 Å². The number of ether oxygens (including phenoxy) is 2. The molecule has 0 saturated carbocycles. The van der Waals surface area contributed by atoms with Crippen molar-refractivity contribution in [1.82, 2.24) is 19.9 Å². The van der Waals surface area contributed by atoms with Gasteiger partial charge in [-0.1, -0.05) is 12.1 Å². The number of para-hydroxylation sites is 2. The molecule has 2 unspecified atom stereocenters. The van der Waals surface area contributed by atoms with E-state index in [1.54, 1.807) is 6.20 Å². The Morgan fingerprint density at radius 3 is 2.52 bits per heavy atom. The van der Waals surface area contributed by atoms with Gasteiger partial charge < -0.3 is 18.8 Å². The minimum Gasteiger partial charge on any atom is -0.474 e. The number of pyridine rings is 1. The first-order valence-corrected chi connectivity index (χ1v) is 11.4. The van der Waals surface area contributed by atoms with Crippen LogP contribution in [0.3, 0.4) is 0 Å². The van der Waals surface area contributed by atoms with Crippen molar-refractivity contribution < 1.29 is 13.9 Å². The lowest BCUT2D eigenvalue weighted by Crippen LogP contribution is -2.46. The van der Waals surface area contributed by atoms with Gasteiger partial charge in [0.1, 0.15) is 17.9 Å². The van der Waals surface area contributed by atoms with Gasteiger partial charge in [0.25, 0.3) is 6.01 Å². The number of anilines is 1. The van der Waals surface area contributed by atoms with E-state index in [1.165, 1.54) is 6.33 Å². The maximum atomic E-state index is 6.39. The normalized spacial score (nSPS) is 22.0. The van der Waals surface area contributed by atoms with Crippen LogP contribution in [0.1, 0.15) is 36.9 Å². The number of hydrogen-bond donors (Lipinski definition) is 0. The topological polar surface area (TPSA) is 86.4 Å². The molecule has 8 nitrogen and oxygen atoms in total. The van der Waals surface area contributed by atoms with Gasteiger partial charge in [-0.05, 0) is 51.0 Å². The van der Waals surface area contributed by atoms with Crippen molar-refractivity contribution in [3.8, 4) is 17.5 Å². The molecule has 8 heteroatoms. The molecule has 2 fully saturated rings. The summed E-state index contributed by atoms with van der Waals surface area (Å²) in [5, 5.41) is 0. The molecule has 0 radical (unpaired) electrons. The Balaban J connectivity index is 1.19. The first-order valence-electron chi connectivity index (χ1n) is 11.4. The first-order chi connectivity index (χ1) is 16.2. The highest BCUT2D eigenvalue weighted by Gasteiger charge is 2.44. The van der Waals surface area contributed by atoms with E-state index in [4.69, 9.17) is 18.9 Å². The molecule has 33 heavy (non-hydrogen) atoms. The number of aryl methyl sites for hydroxylation is 1. The Morgan fingerprint density at radius 1 is 0.939 bits per heavy atom. The van der Waals surface area contributed by atoms with Gasteiger partial charge in [-0.25, -0.2) is 9.97 Å². The minimum absolute atomic E-state index is 0.0738. The highest BCUT2D eigenvalue weighted by molar-refractivity contribution is 5.74. The zero-order valence-corrected chi connectivity index (χ0v) is 18.6. The predicted octanol–water partition coefficient (Wildman–Crippen LogP) is 5.00. The zero-order valence-electron chi connectivity index (χ0n) is 18.6. The highest BCUT2D eigenvalue weighted by Crippen LogP contribution is 2.41. The second-order valence-corrected chi connectivity index (χ2v) is 8.77. The van der Waals surface area contributed by atoms with Crippen molar-refractivity contribution in [3.63, 3.8) is 0 Å². The van der Waals surface area contributed by atoms with Crippen LogP contribution in [0.2, 0.25) is 0 Å². The summed E-state index contributed by atoms with van der Waals surface area (Å²) in [4.78, 5) is 20.1. The average Bonchev–Trinajstić information content (AvgIpc) is 3.36. The van der Waals surface area contributed by atoms with E-state index in [2.05, 4.69) is 19.9 Å². The van der Waals surface area contributed by atoms with Crippen molar-refractivity contribution in [2.45, 2.75) is 57.7 Å². The minimum atomic E-state index is 0.0738. The maximum absolute atomic E-state index is 6.39. The van der Waals surface area contributed by atoms with Crippen LogP contribution < -0.4 is 14.4 Å². The molecule has 1 aromatic carbocycles. The number of rotatable bonds is 5. The van der Waals surface area contributed by atoms with Crippen LogP contribution in [0.25, 0.3) is 11.1 Å². The Labute approximate surface area is 191 Å². The van der Waals surface area contributed by atoms with E-state index < -0.39 is 0 Å². The third kappa shape index (κ3) is 3.65. The Morgan fingerprint density at radius 2 is 1.73 bits per heavy atom. The van der Waals surface area contributed by atoms with Crippen molar-refractivity contribution in [3.05, 3.63) is 60.2 Å². The van der Waals surface area contributed by atoms with E-state index in [1.807, 2.05) is 50.2 Å². The molecule has 2 aliphatic rings. The van der Waals surface area contributed by atoms with Gasteiger partial charge in [0.2, 0.25) is 11.8 Å². The molecule has 3 aromatic heterocycles. The molecule has 0 amide bonds. The van der Waals surface area contributed by atoms with Crippen molar-refractivity contribution in [2.75, 3.05) is 4.90 Å². The number of aromatic nitrogens is 4. The zero-order chi connectivity index (χ0) is 22.4. The third-order valence-electron chi connectivity index (χ3n) is 6.63. The van der Waals surface area contributed by atoms with Crippen molar-refractivity contribution in [1.29, 1.82) is 0 Å². The average molecular weight is 444 g/mol. The summed E-state index contributed by atoms with van der Waals surface area (Å²) in [5.41, 5.74) is 3.33. The van der Waals surface area contributed by atoms with Crippen molar-refractivity contribution in [2.24, 2.45) is 0 Å². The summed E-state index contributed by atoms with van der Waals surface area (Å²) < 4.78 is 18.5. The highest BCUT2D eigenvalue weighted by atomic mass is 16.5. The van der Waals surface area contributed by atoms with E-state index >= 15 is 0 Å². The number of hydrogen-bond acceptors (Lipinski definition) is 8. The van der Waals surface area contributed by atoms with E-state index in [-0.39, 0.29) is 6.10 Å². The molecular formula is C25H25N5O3. The number of nitrogens with zero attached hydrogens (tertiary/aromatic N) is 5. The summed E-state index contributed by atoms with van der Waals surface area (Å²) in [6.45, 7) is 3.84. The maximum Gasteiger partial charge on any atom is 0.298 e. The standard InChI is InChI=1S/C25H25N5O3/c1-15-23(27-14-28-24(15)32-21-8-5-11-26-16(21)2)31-19-12-17-9-10-18(13-19)30(17)25-29-20-6-3-4-7-22(20)33-25/h3-8,11,14,17-19H,9-10,12-13H2,1-2H3. The van der Waals surface area contributed by atoms with E-state index in [0.29, 0.717) is 29.6 Å². The fourth-order valence-electron chi connectivity index (χ4n) is 4.99. The molecule has 168 valence electrons. The van der Waals surface area contributed by atoms with Crippen LogP contribution in [0.4, 0.5) is 6.01 Å². The molecule has 6 rings (SSSR count). The molecule has 0 spiro atoms. The predicted molar refractivity (Wildman–Crippen MR) is 123 cm³/mol. The molecule has 2 aliphatic heterocycles. The first kappa shape index (κ1) is 20.0. The summed E-state index contributed by atoms with van der Waals surface area (Å²) in [5.74, 6) is 1.74. The number of oxazole rings is 1. The lowest BCUT2D eigenvalue weighted by Gasteiger charge is -2.37. The number of benzene rings is 1. The number of piperidine rings is 1. The second kappa shape index (κ2) is 8.03. The largest absolute Gasteiger partial charge is 0.474 e. The monoisotopic (exact) mass is 443 g/mol. The van der Waals surface area contributed by atoms with Crippen LogP contribution in [-0.2, 0) is 0 Å².